The molecule has 0 aromatic heterocycles. The van der Waals surface area contributed by atoms with Crippen molar-refractivity contribution in [2.45, 2.75) is 46.1 Å². The molecule has 0 saturated heterocycles. The smallest absolute Gasteiger partial charge is 0.0500 e. The Morgan fingerprint density at radius 2 is 1.71 bits per heavy atom. The third kappa shape index (κ3) is 4.42. The molecule has 0 bridgehead atoms. The molecular weight excluding hydrogens is 256 g/mol. The molecular formula is C19H26N2. The van der Waals surface area contributed by atoms with Crippen LogP contribution in [0.5, 0.6) is 0 Å². The zero-order valence-corrected chi connectivity index (χ0v) is 13.3. The van der Waals surface area contributed by atoms with Gasteiger partial charge in [-0.2, -0.15) is 0 Å². The highest BCUT2D eigenvalue weighted by Gasteiger charge is 2.11. The van der Waals surface area contributed by atoms with E-state index in [2.05, 4.69) is 68.7 Å². The van der Waals surface area contributed by atoms with Gasteiger partial charge in [0.15, 0.2) is 0 Å². The monoisotopic (exact) mass is 282 g/mol. The van der Waals surface area contributed by atoms with E-state index in [-0.39, 0.29) is 6.04 Å². The minimum absolute atomic E-state index is 0.156. The van der Waals surface area contributed by atoms with E-state index in [0.717, 1.165) is 12.8 Å². The van der Waals surface area contributed by atoms with Gasteiger partial charge in [-0.15, -0.1) is 0 Å². The zero-order valence-electron chi connectivity index (χ0n) is 13.3. The van der Waals surface area contributed by atoms with E-state index in [1.165, 1.54) is 34.2 Å². The second-order valence-electron chi connectivity index (χ2n) is 5.91. The van der Waals surface area contributed by atoms with Crippen molar-refractivity contribution >= 4 is 0 Å². The predicted molar refractivity (Wildman–Crippen MR) is 90.1 cm³/mol. The van der Waals surface area contributed by atoms with E-state index in [1.807, 2.05) is 0 Å². The molecule has 0 spiro atoms. The van der Waals surface area contributed by atoms with Crippen LogP contribution in [0, 0.1) is 13.8 Å². The third-order valence-electron chi connectivity index (χ3n) is 3.81. The van der Waals surface area contributed by atoms with E-state index in [4.69, 9.17) is 5.84 Å². The van der Waals surface area contributed by atoms with Crippen LogP contribution in [0.4, 0.5) is 0 Å². The van der Waals surface area contributed by atoms with Gasteiger partial charge in [0.25, 0.3) is 0 Å². The first-order chi connectivity index (χ1) is 10.1. The molecule has 0 saturated carbocycles. The van der Waals surface area contributed by atoms with Crippen molar-refractivity contribution in [3.05, 3.63) is 70.3 Å². The van der Waals surface area contributed by atoms with Crippen LogP contribution in [-0.4, -0.2) is 0 Å². The summed E-state index contributed by atoms with van der Waals surface area (Å²) in [6, 6.07) is 15.6. The van der Waals surface area contributed by atoms with Crippen LogP contribution in [0.2, 0.25) is 0 Å². The van der Waals surface area contributed by atoms with Crippen LogP contribution in [0.15, 0.2) is 42.5 Å². The van der Waals surface area contributed by atoms with Crippen molar-refractivity contribution in [1.82, 2.24) is 5.43 Å². The Morgan fingerprint density at radius 3 is 2.33 bits per heavy atom. The molecule has 0 aliphatic heterocycles. The first-order valence-corrected chi connectivity index (χ1v) is 7.74. The van der Waals surface area contributed by atoms with Crippen molar-refractivity contribution in [1.29, 1.82) is 0 Å². The van der Waals surface area contributed by atoms with Gasteiger partial charge in [-0.25, -0.2) is 0 Å². The number of nitrogens with two attached hydrogens (primary N) is 1. The number of hydrazine groups is 1. The maximum Gasteiger partial charge on any atom is 0.0500 e. The van der Waals surface area contributed by atoms with Crippen LogP contribution in [0.25, 0.3) is 0 Å². The Hall–Kier alpha value is -1.64. The first-order valence-electron chi connectivity index (χ1n) is 7.74. The average molecular weight is 282 g/mol. The Labute approximate surface area is 128 Å². The van der Waals surface area contributed by atoms with Gasteiger partial charge in [-0.1, -0.05) is 66.9 Å². The molecule has 112 valence electrons. The Morgan fingerprint density at radius 1 is 1.00 bits per heavy atom. The summed E-state index contributed by atoms with van der Waals surface area (Å²) < 4.78 is 0. The van der Waals surface area contributed by atoms with Gasteiger partial charge in [0, 0.05) is 6.04 Å². The number of benzene rings is 2. The maximum atomic E-state index is 5.80. The largest absolute Gasteiger partial charge is 0.271 e. The summed E-state index contributed by atoms with van der Waals surface area (Å²) in [5.41, 5.74) is 9.57. The van der Waals surface area contributed by atoms with Crippen molar-refractivity contribution in [3.8, 4) is 0 Å². The van der Waals surface area contributed by atoms with Crippen molar-refractivity contribution in [2.24, 2.45) is 5.84 Å². The lowest BCUT2D eigenvalue weighted by Gasteiger charge is -2.18. The molecule has 0 radical (unpaired) electrons. The molecule has 2 rings (SSSR count). The first kappa shape index (κ1) is 15.7. The number of aryl methyl sites for hydroxylation is 3. The molecule has 2 aromatic carbocycles. The predicted octanol–water partition coefficient (Wildman–Crippen LogP) is 4.00. The van der Waals surface area contributed by atoms with Gasteiger partial charge in [-0.05, 0) is 43.4 Å². The number of nitrogens with one attached hydrogen (secondary N) is 1. The van der Waals surface area contributed by atoms with Crippen molar-refractivity contribution < 1.29 is 0 Å². The molecule has 0 aliphatic carbocycles. The van der Waals surface area contributed by atoms with Crippen LogP contribution < -0.4 is 11.3 Å². The van der Waals surface area contributed by atoms with Crippen LogP contribution in [-0.2, 0) is 12.8 Å². The summed E-state index contributed by atoms with van der Waals surface area (Å²) in [4.78, 5) is 0. The van der Waals surface area contributed by atoms with E-state index < -0.39 is 0 Å². The van der Waals surface area contributed by atoms with Gasteiger partial charge in [0.2, 0.25) is 0 Å². The molecule has 2 nitrogen and oxygen atoms in total. The quantitative estimate of drug-likeness (QED) is 0.621. The Balaban J connectivity index is 2.21. The van der Waals surface area contributed by atoms with Gasteiger partial charge >= 0.3 is 0 Å². The third-order valence-corrected chi connectivity index (χ3v) is 3.81. The molecule has 1 atom stereocenters. The molecule has 0 heterocycles. The highest BCUT2D eigenvalue weighted by molar-refractivity contribution is 5.32. The standard InChI is InChI=1S/C19H26N2/c1-4-6-16-7-5-8-18(12-16)19(21-20)13-17-10-14(2)9-15(3)11-17/h5,7-12,19,21H,4,6,13,20H2,1-3H3. The highest BCUT2D eigenvalue weighted by Crippen LogP contribution is 2.21. The molecule has 2 aromatic rings. The fourth-order valence-electron chi connectivity index (χ4n) is 2.95. The number of hydrogen-bond acceptors (Lipinski definition) is 2. The summed E-state index contributed by atoms with van der Waals surface area (Å²) in [5.74, 6) is 5.80. The van der Waals surface area contributed by atoms with Gasteiger partial charge in [0.05, 0.1) is 0 Å². The second kappa shape index (κ2) is 7.39. The molecule has 0 aliphatic rings. The second-order valence-corrected chi connectivity index (χ2v) is 5.91. The van der Waals surface area contributed by atoms with Gasteiger partial charge in [-0.3, -0.25) is 11.3 Å². The van der Waals surface area contributed by atoms with Crippen LogP contribution in [0.1, 0.15) is 47.2 Å². The number of rotatable bonds is 6. The van der Waals surface area contributed by atoms with E-state index in [1.54, 1.807) is 0 Å². The fourth-order valence-corrected chi connectivity index (χ4v) is 2.95. The topological polar surface area (TPSA) is 38.0 Å². The summed E-state index contributed by atoms with van der Waals surface area (Å²) in [5, 5.41) is 0. The summed E-state index contributed by atoms with van der Waals surface area (Å²) >= 11 is 0. The molecule has 0 amide bonds. The SMILES string of the molecule is CCCc1cccc(C(Cc2cc(C)cc(C)c2)NN)c1. The molecule has 2 heteroatoms. The van der Waals surface area contributed by atoms with Gasteiger partial charge < -0.3 is 0 Å². The summed E-state index contributed by atoms with van der Waals surface area (Å²) in [6.45, 7) is 6.49. The summed E-state index contributed by atoms with van der Waals surface area (Å²) in [6.07, 6.45) is 3.20. The normalized spacial score (nSPS) is 12.4. The van der Waals surface area contributed by atoms with Gasteiger partial charge in [0.1, 0.15) is 0 Å². The average Bonchev–Trinajstić information content (AvgIpc) is 2.44. The Bertz CT molecular complexity index is 570. The lowest BCUT2D eigenvalue weighted by Crippen LogP contribution is -2.29. The van der Waals surface area contributed by atoms with E-state index in [9.17, 15) is 0 Å². The minimum Gasteiger partial charge on any atom is -0.271 e. The molecule has 0 fully saturated rings. The van der Waals surface area contributed by atoms with Crippen molar-refractivity contribution in [2.75, 3.05) is 0 Å². The molecule has 1 unspecified atom stereocenters. The van der Waals surface area contributed by atoms with E-state index in [0.29, 0.717) is 0 Å². The number of hydrogen-bond donors (Lipinski definition) is 2. The van der Waals surface area contributed by atoms with Crippen LogP contribution in [0.3, 0.4) is 0 Å². The lowest BCUT2D eigenvalue weighted by molar-refractivity contribution is 0.551. The highest BCUT2D eigenvalue weighted by atomic mass is 15.2. The molecule has 3 N–H and O–H groups in total. The summed E-state index contributed by atoms with van der Waals surface area (Å²) in [7, 11) is 0. The zero-order chi connectivity index (χ0) is 15.2. The van der Waals surface area contributed by atoms with Crippen LogP contribution >= 0.6 is 0 Å². The maximum absolute atomic E-state index is 5.80. The minimum atomic E-state index is 0.156. The van der Waals surface area contributed by atoms with Crippen molar-refractivity contribution in [3.63, 3.8) is 0 Å². The molecule has 21 heavy (non-hydrogen) atoms. The fraction of sp³-hybridized carbons (Fsp3) is 0.368. The lowest BCUT2D eigenvalue weighted by atomic mass is 9.95. The Kier molecular flexibility index (Phi) is 5.54. The van der Waals surface area contributed by atoms with E-state index >= 15 is 0 Å².